The van der Waals surface area contributed by atoms with Crippen molar-refractivity contribution in [3.8, 4) is 11.5 Å². The SMILES string of the molecule is C=C/C=C(\C=C)CNC(=O)C(c1ccc(N(C)C)c(OC)c1)N(C(=O)CCc1ccc(OC)cc1)C1CC1. The van der Waals surface area contributed by atoms with Gasteiger partial charge in [0.15, 0.2) is 0 Å². The number of hydrogen-bond donors (Lipinski definition) is 1. The molecule has 0 bridgehead atoms. The average Bonchev–Trinajstić information content (AvgIpc) is 3.77. The van der Waals surface area contributed by atoms with E-state index in [1.54, 1.807) is 37.3 Å². The van der Waals surface area contributed by atoms with Crippen LogP contribution in [0.3, 0.4) is 0 Å². The minimum absolute atomic E-state index is 0.0243. The largest absolute Gasteiger partial charge is 0.497 e. The molecule has 2 aromatic rings. The first-order valence-electron chi connectivity index (χ1n) is 12.8. The lowest BCUT2D eigenvalue weighted by Gasteiger charge is -2.32. The standard InChI is InChI=1S/C31H39N3O4/c1-7-9-22(8-2)21-32-31(36)30(24-13-18-27(33(3)4)28(20-24)38-6)34(25-14-15-25)29(35)19-12-23-10-16-26(37-5)17-11-23/h7-11,13,16-18,20,25,30H,1-2,12,14-15,19,21H2,3-6H3,(H,32,36)/b22-9+. The quantitative estimate of drug-likeness (QED) is 0.363. The second-order valence-electron chi connectivity index (χ2n) is 9.51. The Bertz CT molecular complexity index is 1170. The van der Waals surface area contributed by atoms with Gasteiger partial charge in [0.2, 0.25) is 11.8 Å². The Hall–Kier alpha value is -4.00. The van der Waals surface area contributed by atoms with E-state index in [1.165, 1.54) is 0 Å². The molecule has 3 rings (SSSR count). The van der Waals surface area contributed by atoms with Crippen LogP contribution in [0.1, 0.15) is 36.4 Å². The summed E-state index contributed by atoms with van der Waals surface area (Å²) < 4.78 is 10.9. The van der Waals surface area contributed by atoms with Crippen molar-refractivity contribution in [2.24, 2.45) is 0 Å². The lowest BCUT2D eigenvalue weighted by Crippen LogP contribution is -2.45. The first-order valence-corrected chi connectivity index (χ1v) is 12.8. The molecule has 2 amide bonds. The number of carbonyl (C=O) groups is 2. The monoisotopic (exact) mass is 517 g/mol. The number of hydrogen-bond acceptors (Lipinski definition) is 5. The average molecular weight is 518 g/mol. The Kier molecular flexibility index (Phi) is 10.2. The van der Waals surface area contributed by atoms with Gasteiger partial charge in [-0.2, -0.15) is 0 Å². The van der Waals surface area contributed by atoms with Gasteiger partial charge in [-0.05, 0) is 60.2 Å². The fourth-order valence-corrected chi connectivity index (χ4v) is 4.39. The molecule has 202 valence electrons. The number of ether oxygens (including phenoxy) is 2. The molecule has 7 heteroatoms. The Morgan fingerprint density at radius 2 is 1.79 bits per heavy atom. The molecule has 1 unspecified atom stereocenters. The van der Waals surface area contributed by atoms with Gasteiger partial charge in [-0.1, -0.05) is 49.6 Å². The Morgan fingerprint density at radius 1 is 1.08 bits per heavy atom. The van der Waals surface area contributed by atoms with Crippen LogP contribution < -0.4 is 19.7 Å². The van der Waals surface area contributed by atoms with Crippen molar-refractivity contribution >= 4 is 17.5 Å². The van der Waals surface area contributed by atoms with Gasteiger partial charge in [0.1, 0.15) is 17.5 Å². The molecule has 0 aromatic heterocycles. The number of allylic oxidation sites excluding steroid dienone is 2. The summed E-state index contributed by atoms with van der Waals surface area (Å²) in [5, 5.41) is 3.01. The fraction of sp³-hybridized carbons (Fsp3) is 0.355. The van der Waals surface area contributed by atoms with E-state index in [4.69, 9.17) is 9.47 Å². The third kappa shape index (κ3) is 7.28. The van der Waals surface area contributed by atoms with Gasteiger partial charge < -0.3 is 24.6 Å². The minimum Gasteiger partial charge on any atom is -0.497 e. The van der Waals surface area contributed by atoms with Crippen LogP contribution in [0.2, 0.25) is 0 Å². The fourth-order valence-electron chi connectivity index (χ4n) is 4.39. The number of amides is 2. The zero-order valence-electron chi connectivity index (χ0n) is 22.9. The van der Waals surface area contributed by atoms with Crippen molar-refractivity contribution in [1.82, 2.24) is 10.2 Å². The molecule has 1 saturated carbocycles. The van der Waals surface area contributed by atoms with Crippen LogP contribution in [-0.2, 0) is 16.0 Å². The second kappa shape index (κ2) is 13.5. The van der Waals surface area contributed by atoms with Crippen molar-refractivity contribution in [2.45, 2.75) is 37.8 Å². The van der Waals surface area contributed by atoms with E-state index in [0.717, 1.165) is 35.4 Å². The van der Waals surface area contributed by atoms with Crippen LogP contribution in [0, 0.1) is 0 Å². The lowest BCUT2D eigenvalue weighted by molar-refractivity contribution is -0.141. The molecule has 38 heavy (non-hydrogen) atoms. The predicted octanol–water partition coefficient (Wildman–Crippen LogP) is 4.85. The molecule has 1 aliphatic carbocycles. The van der Waals surface area contributed by atoms with Crippen molar-refractivity contribution in [1.29, 1.82) is 0 Å². The highest BCUT2D eigenvalue weighted by Crippen LogP contribution is 2.38. The van der Waals surface area contributed by atoms with E-state index < -0.39 is 6.04 Å². The van der Waals surface area contributed by atoms with Gasteiger partial charge in [0, 0.05) is 33.1 Å². The molecule has 2 aromatic carbocycles. The summed E-state index contributed by atoms with van der Waals surface area (Å²) in [6, 6.07) is 12.6. The summed E-state index contributed by atoms with van der Waals surface area (Å²) in [4.78, 5) is 31.2. The Balaban J connectivity index is 1.92. The normalized spacial score (nSPS) is 13.7. The first-order chi connectivity index (χ1) is 18.3. The zero-order valence-corrected chi connectivity index (χ0v) is 22.9. The van der Waals surface area contributed by atoms with Crippen LogP contribution >= 0.6 is 0 Å². The molecular formula is C31H39N3O4. The number of anilines is 1. The zero-order chi connectivity index (χ0) is 27.7. The van der Waals surface area contributed by atoms with Crippen molar-refractivity contribution in [3.63, 3.8) is 0 Å². The van der Waals surface area contributed by atoms with E-state index in [1.807, 2.05) is 61.5 Å². The third-order valence-corrected chi connectivity index (χ3v) is 6.60. The summed E-state index contributed by atoms with van der Waals surface area (Å²) in [7, 11) is 7.10. The minimum atomic E-state index is -0.786. The molecule has 0 heterocycles. The number of benzene rings is 2. The van der Waals surface area contributed by atoms with Gasteiger partial charge >= 0.3 is 0 Å². The highest BCUT2D eigenvalue weighted by molar-refractivity contribution is 5.89. The van der Waals surface area contributed by atoms with Gasteiger partial charge in [-0.25, -0.2) is 0 Å². The molecule has 0 aliphatic heterocycles. The molecule has 1 atom stereocenters. The van der Waals surface area contributed by atoms with Crippen LogP contribution in [0.5, 0.6) is 11.5 Å². The number of aryl methyl sites for hydroxylation is 1. The van der Waals surface area contributed by atoms with Crippen molar-refractivity contribution < 1.29 is 19.1 Å². The summed E-state index contributed by atoms with van der Waals surface area (Å²) in [5.41, 5.74) is 3.47. The van der Waals surface area contributed by atoms with Crippen LogP contribution in [0.25, 0.3) is 0 Å². The lowest BCUT2D eigenvalue weighted by atomic mass is 10.0. The van der Waals surface area contributed by atoms with E-state index in [2.05, 4.69) is 18.5 Å². The molecule has 7 nitrogen and oxygen atoms in total. The van der Waals surface area contributed by atoms with Gasteiger partial charge in [-0.15, -0.1) is 0 Å². The van der Waals surface area contributed by atoms with Crippen LogP contribution in [-0.4, -0.2) is 57.6 Å². The van der Waals surface area contributed by atoms with E-state index in [0.29, 0.717) is 24.2 Å². The van der Waals surface area contributed by atoms with E-state index >= 15 is 0 Å². The van der Waals surface area contributed by atoms with Crippen molar-refractivity contribution in [2.75, 3.05) is 39.8 Å². The van der Waals surface area contributed by atoms with Gasteiger partial charge in [0.25, 0.3) is 0 Å². The summed E-state index contributed by atoms with van der Waals surface area (Å²) in [5.74, 6) is 1.12. The van der Waals surface area contributed by atoms with E-state index in [9.17, 15) is 9.59 Å². The Morgan fingerprint density at radius 3 is 2.34 bits per heavy atom. The summed E-state index contributed by atoms with van der Waals surface area (Å²) in [6.07, 6.45) is 7.77. The molecule has 1 aliphatic rings. The molecule has 1 N–H and O–H groups in total. The van der Waals surface area contributed by atoms with Crippen LogP contribution in [0.4, 0.5) is 5.69 Å². The highest BCUT2D eigenvalue weighted by Gasteiger charge is 2.41. The molecule has 0 radical (unpaired) electrons. The number of nitrogens with zero attached hydrogens (tertiary/aromatic N) is 2. The Labute approximate surface area is 226 Å². The molecular weight excluding hydrogens is 478 g/mol. The first kappa shape index (κ1) is 28.6. The predicted molar refractivity (Wildman–Crippen MR) is 153 cm³/mol. The highest BCUT2D eigenvalue weighted by atomic mass is 16.5. The maximum atomic E-state index is 13.8. The van der Waals surface area contributed by atoms with Crippen LogP contribution in [0.15, 0.2) is 79.4 Å². The molecule has 0 saturated heterocycles. The third-order valence-electron chi connectivity index (χ3n) is 6.60. The van der Waals surface area contributed by atoms with Crippen molar-refractivity contribution in [3.05, 3.63) is 90.6 Å². The van der Waals surface area contributed by atoms with Gasteiger partial charge in [-0.3, -0.25) is 9.59 Å². The topological polar surface area (TPSA) is 71.1 Å². The number of carbonyl (C=O) groups excluding carboxylic acids is 2. The number of nitrogens with one attached hydrogen (secondary N) is 1. The maximum Gasteiger partial charge on any atom is 0.247 e. The smallest absolute Gasteiger partial charge is 0.247 e. The number of methoxy groups -OCH3 is 2. The summed E-state index contributed by atoms with van der Waals surface area (Å²) in [6.45, 7) is 7.83. The maximum absolute atomic E-state index is 13.8. The summed E-state index contributed by atoms with van der Waals surface area (Å²) >= 11 is 0. The van der Waals surface area contributed by atoms with Gasteiger partial charge in [0.05, 0.1) is 19.9 Å². The van der Waals surface area contributed by atoms with E-state index in [-0.39, 0.29) is 24.4 Å². The molecule has 0 spiro atoms. The molecule has 1 fully saturated rings. The number of rotatable bonds is 14. The second-order valence-corrected chi connectivity index (χ2v) is 9.51.